The van der Waals surface area contributed by atoms with Crippen molar-refractivity contribution in [1.82, 2.24) is 4.72 Å². The highest BCUT2D eigenvalue weighted by atomic mass is 32.2. The van der Waals surface area contributed by atoms with Gasteiger partial charge in [-0.15, -0.1) is 6.58 Å². The Labute approximate surface area is 159 Å². The van der Waals surface area contributed by atoms with Crippen molar-refractivity contribution in [3.63, 3.8) is 0 Å². The van der Waals surface area contributed by atoms with Crippen LogP contribution in [0.4, 0.5) is 0 Å². The number of hydrogen-bond acceptors (Lipinski definition) is 3. The first-order valence-electron chi connectivity index (χ1n) is 9.41. The summed E-state index contributed by atoms with van der Waals surface area (Å²) in [4.78, 5) is 0. The molecule has 1 saturated carbocycles. The normalized spacial score (nSPS) is 17.1. The van der Waals surface area contributed by atoms with Gasteiger partial charge in [0.25, 0.3) is 0 Å². The molecule has 6 heteroatoms. The smallest absolute Gasteiger partial charge is 0.159 e. The highest BCUT2D eigenvalue weighted by Gasteiger charge is 2.26. The van der Waals surface area contributed by atoms with Gasteiger partial charge in [0.2, 0.25) is 0 Å². The van der Waals surface area contributed by atoms with Crippen molar-refractivity contribution in [1.29, 1.82) is 0 Å². The standard InChI is InChI=1S/C14H22N.C6H13NO3S/c1-5-10-14(15(3,4)6-2)13-11-8-7-9-12-13;8-11(9,10)7-6-4-2-1-3-5-6/h5,7-9,11-12,14H,1,6,10H2,2-4H3;6-7H,1-5H2,(H,8,9,10)/q+1;/p-1. The van der Waals surface area contributed by atoms with Gasteiger partial charge in [-0.1, -0.05) is 55.7 Å². The predicted molar refractivity (Wildman–Crippen MR) is 106 cm³/mol. The highest BCUT2D eigenvalue weighted by Crippen LogP contribution is 2.28. The second kappa shape index (κ2) is 10.8. The van der Waals surface area contributed by atoms with E-state index in [1.165, 1.54) is 5.56 Å². The van der Waals surface area contributed by atoms with Gasteiger partial charge in [-0.3, -0.25) is 0 Å². The Morgan fingerprint density at radius 1 is 1.23 bits per heavy atom. The second-order valence-corrected chi connectivity index (χ2v) is 8.60. The lowest BCUT2D eigenvalue weighted by Gasteiger charge is -2.37. The van der Waals surface area contributed by atoms with Crippen molar-refractivity contribution in [3.8, 4) is 0 Å². The van der Waals surface area contributed by atoms with E-state index in [0.29, 0.717) is 6.04 Å². The summed E-state index contributed by atoms with van der Waals surface area (Å²) in [5.74, 6) is 0. The van der Waals surface area contributed by atoms with E-state index in [-0.39, 0.29) is 6.04 Å². The Morgan fingerprint density at radius 2 is 1.81 bits per heavy atom. The minimum Gasteiger partial charge on any atom is -0.735 e. The van der Waals surface area contributed by atoms with E-state index in [1.54, 1.807) is 0 Å². The first kappa shape index (κ1) is 22.8. The third-order valence-corrected chi connectivity index (χ3v) is 5.77. The minimum absolute atomic E-state index is 0.105. The van der Waals surface area contributed by atoms with Crippen LogP contribution in [0.5, 0.6) is 0 Å². The summed E-state index contributed by atoms with van der Waals surface area (Å²) >= 11 is 0. The molecule has 5 nitrogen and oxygen atoms in total. The summed E-state index contributed by atoms with van der Waals surface area (Å²) in [6, 6.07) is 11.1. The number of nitrogens with zero attached hydrogens (tertiary/aromatic N) is 1. The zero-order valence-electron chi connectivity index (χ0n) is 16.4. The Morgan fingerprint density at radius 3 is 2.27 bits per heavy atom. The average molecular weight is 383 g/mol. The van der Waals surface area contributed by atoms with Crippen LogP contribution in [0.1, 0.15) is 57.1 Å². The van der Waals surface area contributed by atoms with Gasteiger partial charge in [-0.05, 0) is 19.8 Å². The van der Waals surface area contributed by atoms with E-state index in [2.05, 4.69) is 62.7 Å². The van der Waals surface area contributed by atoms with Crippen molar-refractivity contribution >= 4 is 10.3 Å². The maximum atomic E-state index is 10.2. The topological polar surface area (TPSA) is 69.2 Å². The largest absolute Gasteiger partial charge is 0.735 e. The van der Waals surface area contributed by atoms with E-state index < -0.39 is 10.3 Å². The first-order chi connectivity index (χ1) is 12.2. The Kier molecular flexibility index (Phi) is 9.50. The van der Waals surface area contributed by atoms with Crippen LogP contribution < -0.4 is 4.72 Å². The molecule has 0 saturated heterocycles. The molecular weight excluding hydrogens is 348 g/mol. The average Bonchev–Trinajstić information content (AvgIpc) is 2.60. The van der Waals surface area contributed by atoms with E-state index >= 15 is 0 Å². The molecule has 0 aromatic heterocycles. The predicted octanol–water partition coefficient (Wildman–Crippen LogP) is 3.77. The van der Waals surface area contributed by atoms with Crippen molar-refractivity contribution in [2.75, 3.05) is 20.6 Å². The van der Waals surface area contributed by atoms with Gasteiger partial charge in [-0.25, -0.2) is 13.1 Å². The number of rotatable bonds is 7. The number of benzene rings is 1. The summed E-state index contributed by atoms with van der Waals surface area (Å²) in [6.45, 7) is 7.23. The third kappa shape index (κ3) is 8.45. The molecule has 0 heterocycles. The third-order valence-electron chi connectivity index (χ3n) is 5.15. The van der Waals surface area contributed by atoms with Crippen LogP contribution in [-0.4, -0.2) is 44.1 Å². The monoisotopic (exact) mass is 382 g/mol. The first-order valence-corrected chi connectivity index (χ1v) is 10.8. The maximum absolute atomic E-state index is 10.2. The van der Waals surface area contributed by atoms with Gasteiger partial charge in [0, 0.05) is 18.0 Å². The highest BCUT2D eigenvalue weighted by molar-refractivity contribution is 7.83. The lowest BCUT2D eigenvalue weighted by molar-refractivity contribution is -0.919. The van der Waals surface area contributed by atoms with Gasteiger partial charge in [0.1, 0.15) is 6.04 Å². The van der Waals surface area contributed by atoms with Crippen LogP contribution >= 0.6 is 0 Å². The molecule has 0 aliphatic heterocycles. The molecule has 1 N–H and O–H groups in total. The molecule has 2 rings (SSSR count). The molecule has 1 unspecified atom stereocenters. The molecule has 1 atom stereocenters. The zero-order valence-corrected chi connectivity index (χ0v) is 17.2. The number of hydrogen-bond donors (Lipinski definition) is 1. The Hall–Kier alpha value is -1.21. The van der Waals surface area contributed by atoms with Crippen LogP contribution in [0.15, 0.2) is 43.0 Å². The molecule has 0 spiro atoms. The number of nitrogens with one attached hydrogen (secondary N) is 1. The molecule has 0 bridgehead atoms. The molecule has 1 aliphatic rings. The Bertz CT molecular complexity index is 624. The van der Waals surface area contributed by atoms with Crippen molar-refractivity contribution in [3.05, 3.63) is 48.6 Å². The lowest BCUT2D eigenvalue weighted by atomic mass is 9.96. The SMILES string of the molecule is C=CCC(c1ccccc1)[N+](C)(C)CC.O=S(=O)([O-])NC1CCCCC1. The summed E-state index contributed by atoms with van der Waals surface area (Å²) < 4.78 is 33.8. The van der Waals surface area contributed by atoms with E-state index in [0.717, 1.165) is 49.6 Å². The van der Waals surface area contributed by atoms with Gasteiger partial charge < -0.3 is 9.04 Å². The fourth-order valence-corrected chi connectivity index (χ4v) is 3.95. The lowest BCUT2D eigenvalue weighted by Crippen LogP contribution is -2.42. The van der Waals surface area contributed by atoms with Crippen molar-refractivity contribution in [2.45, 2.75) is 57.5 Å². The molecular formula is C20H34N2O3S. The van der Waals surface area contributed by atoms with Crippen LogP contribution in [0, 0.1) is 0 Å². The summed E-state index contributed by atoms with van der Waals surface area (Å²) in [5, 5.41) is 0. The van der Waals surface area contributed by atoms with Gasteiger partial charge >= 0.3 is 0 Å². The van der Waals surface area contributed by atoms with Crippen LogP contribution in [-0.2, 0) is 10.3 Å². The van der Waals surface area contributed by atoms with Gasteiger partial charge in [0.15, 0.2) is 10.3 Å². The molecule has 148 valence electrons. The quantitative estimate of drug-likeness (QED) is 0.443. The summed E-state index contributed by atoms with van der Waals surface area (Å²) in [6.07, 6.45) is 7.86. The molecule has 26 heavy (non-hydrogen) atoms. The van der Waals surface area contributed by atoms with Crippen LogP contribution in [0.25, 0.3) is 0 Å². The number of quaternary nitrogens is 1. The molecule has 0 radical (unpaired) electrons. The van der Waals surface area contributed by atoms with E-state index in [4.69, 9.17) is 0 Å². The van der Waals surface area contributed by atoms with Gasteiger partial charge in [-0.2, -0.15) is 0 Å². The fourth-order valence-electron chi connectivity index (χ4n) is 3.30. The fraction of sp³-hybridized carbons (Fsp3) is 0.600. The molecule has 1 aromatic carbocycles. The van der Waals surface area contributed by atoms with E-state index in [9.17, 15) is 13.0 Å². The molecule has 1 fully saturated rings. The van der Waals surface area contributed by atoms with Crippen LogP contribution in [0.3, 0.4) is 0 Å². The van der Waals surface area contributed by atoms with Crippen LogP contribution in [0.2, 0.25) is 0 Å². The van der Waals surface area contributed by atoms with Crippen molar-refractivity contribution < 1.29 is 17.5 Å². The van der Waals surface area contributed by atoms with E-state index in [1.807, 2.05) is 6.08 Å². The Balaban J connectivity index is 0.000000273. The minimum atomic E-state index is -4.22. The maximum Gasteiger partial charge on any atom is 0.159 e. The summed E-state index contributed by atoms with van der Waals surface area (Å²) in [5.41, 5.74) is 1.41. The summed E-state index contributed by atoms with van der Waals surface area (Å²) in [7, 11) is 0.334. The molecule has 1 aromatic rings. The zero-order chi connectivity index (χ0) is 19.6. The molecule has 0 amide bonds. The van der Waals surface area contributed by atoms with Gasteiger partial charge in [0.05, 0.1) is 20.6 Å². The second-order valence-electron chi connectivity index (χ2n) is 7.45. The molecule has 1 aliphatic carbocycles. The van der Waals surface area contributed by atoms with Crippen molar-refractivity contribution in [2.24, 2.45) is 0 Å².